The van der Waals surface area contributed by atoms with E-state index in [4.69, 9.17) is 22.1 Å². The molecular weight excluding hydrogens is 305 g/mol. The van der Waals surface area contributed by atoms with Gasteiger partial charge >= 0.3 is 0 Å². The number of aryl methyl sites for hydroxylation is 1. The van der Waals surface area contributed by atoms with E-state index in [1.165, 1.54) is 0 Å². The van der Waals surface area contributed by atoms with Crippen molar-refractivity contribution in [2.24, 2.45) is 0 Å². The minimum Gasteiger partial charge on any atom is -0.438 e. The molecule has 0 saturated heterocycles. The first kappa shape index (κ1) is 12.1. The molecule has 0 bridgehead atoms. The van der Waals surface area contributed by atoms with E-state index in [9.17, 15) is 0 Å². The van der Waals surface area contributed by atoms with Crippen molar-refractivity contribution in [1.82, 2.24) is 9.97 Å². The Morgan fingerprint density at radius 2 is 2.18 bits per heavy atom. The summed E-state index contributed by atoms with van der Waals surface area (Å²) in [6.07, 6.45) is 1.54. The van der Waals surface area contributed by atoms with E-state index >= 15 is 0 Å². The van der Waals surface area contributed by atoms with E-state index in [0.717, 1.165) is 5.56 Å². The number of rotatable bonds is 2. The maximum Gasteiger partial charge on any atom is 0.238 e. The van der Waals surface area contributed by atoms with Gasteiger partial charge in [-0.05, 0) is 46.6 Å². The number of anilines is 1. The summed E-state index contributed by atoms with van der Waals surface area (Å²) in [6, 6.07) is 5.36. The monoisotopic (exact) mass is 313 g/mol. The van der Waals surface area contributed by atoms with Crippen LogP contribution in [0.3, 0.4) is 0 Å². The normalized spacial score (nSPS) is 10.3. The van der Waals surface area contributed by atoms with Gasteiger partial charge in [-0.15, -0.1) is 0 Å². The van der Waals surface area contributed by atoms with Crippen LogP contribution in [0.4, 0.5) is 5.95 Å². The molecule has 1 aromatic heterocycles. The predicted molar refractivity (Wildman–Crippen MR) is 70.4 cm³/mol. The Labute approximate surface area is 112 Å². The zero-order valence-electron chi connectivity index (χ0n) is 8.95. The Bertz CT molecular complexity index is 562. The molecule has 0 amide bonds. The molecule has 0 unspecified atom stereocenters. The van der Waals surface area contributed by atoms with Gasteiger partial charge in [0.25, 0.3) is 0 Å². The molecule has 1 aromatic carbocycles. The molecule has 88 valence electrons. The molecule has 2 N–H and O–H groups in total. The highest BCUT2D eigenvalue weighted by Gasteiger charge is 2.07. The van der Waals surface area contributed by atoms with Gasteiger partial charge in [-0.1, -0.05) is 11.6 Å². The Hall–Kier alpha value is -1.33. The molecule has 0 spiro atoms. The molecule has 0 aliphatic rings. The van der Waals surface area contributed by atoms with Gasteiger partial charge in [-0.3, -0.25) is 0 Å². The van der Waals surface area contributed by atoms with Crippen LogP contribution >= 0.6 is 27.5 Å². The van der Waals surface area contributed by atoms with Crippen molar-refractivity contribution in [1.29, 1.82) is 0 Å². The summed E-state index contributed by atoms with van der Waals surface area (Å²) in [4.78, 5) is 7.82. The van der Waals surface area contributed by atoms with Crippen LogP contribution in [0, 0.1) is 6.92 Å². The van der Waals surface area contributed by atoms with E-state index in [1.54, 1.807) is 18.3 Å². The van der Waals surface area contributed by atoms with Crippen LogP contribution in [0.25, 0.3) is 0 Å². The van der Waals surface area contributed by atoms with Gasteiger partial charge in [0.1, 0.15) is 5.75 Å². The van der Waals surface area contributed by atoms with Gasteiger partial charge in [-0.2, -0.15) is 4.98 Å². The number of benzene rings is 1. The van der Waals surface area contributed by atoms with Crippen molar-refractivity contribution in [3.63, 3.8) is 0 Å². The first-order valence-electron chi connectivity index (χ1n) is 4.78. The molecule has 0 atom stereocenters. The first-order valence-corrected chi connectivity index (χ1v) is 5.95. The third-order valence-corrected chi connectivity index (χ3v) is 3.04. The molecule has 0 aliphatic heterocycles. The molecule has 17 heavy (non-hydrogen) atoms. The smallest absolute Gasteiger partial charge is 0.238 e. The lowest BCUT2D eigenvalue weighted by molar-refractivity contribution is 0.459. The number of ether oxygens (including phenoxy) is 1. The van der Waals surface area contributed by atoms with Crippen LogP contribution < -0.4 is 10.5 Å². The second-order valence-corrected chi connectivity index (χ2v) is 4.66. The second-order valence-electron chi connectivity index (χ2n) is 3.39. The molecule has 0 radical (unpaired) electrons. The Morgan fingerprint density at radius 1 is 1.41 bits per heavy atom. The summed E-state index contributed by atoms with van der Waals surface area (Å²) in [7, 11) is 0. The highest BCUT2D eigenvalue weighted by atomic mass is 79.9. The van der Waals surface area contributed by atoms with Crippen molar-refractivity contribution in [2.75, 3.05) is 5.73 Å². The lowest BCUT2D eigenvalue weighted by atomic mass is 10.2. The van der Waals surface area contributed by atoms with Crippen molar-refractivity contribution in [3.05, 3.63) is 39.5 Å². The summed E-state index contributed by atoms with van der Waals surface area (Å²) in [5.74, 6) is 1.18. The van der Waals surface area contributed by atoms with Gasteiger partial charge in [0, 0.05) is 5.02 Å². The zero-order chi connectivity index (χ0) is 12.4. The number of halogens is 2. The van der Waals surface area contributed by atoms with Crippen molar-refractivity contribution in [3.8, 4) is 11.6 Å². The van der Waals surface area contributed by atoms with Gasteiger partial charge in [0.15, 0.2) is 0 Å². The second kappa shape index (κ2) is 4.89. The van der Waals surface area contributed by atoms with Crippen molar-refractivity contribution in [2.45, 2.75) is 6.92 Å². The fraction of sp³-hybridized carbons (Fsp3) is 0.0909. The number of hydrogen-bond donors (Lipinski definition) is 1. The molecule has 1 heterocycles. The van der Waals surface area contributed by atoms with Gasteiger partial charge in [0.2, 0.25) is 11.8 Å². The first-order chi connectivity index (χ1) is 8.06. The maximum absolute atomic E-state index is 5.93. The van der Waals surface area contributed by atoms with Crippen LogP contribution in [0.1, 0.15) is 5.56 Å². The predicted octanol–water partition coefficient (Wildman–Crippen LogP) is 3.58. The average Bonchev–Trinajstić information content (AvgIpc) is 2.29. The third-order valence-electron chi connectivity index (χ3n) is 2.07. The Balaban J connectivity index is 2.31. The van der Waals surface area contributed by atoms with Gasteiger partial charge < -0.3 is 10.5 Å². The standard InChI is InChI=1S/C11H9BrClN3O/c1-6-4-7(2-3-9(6)13)17-10-8(12)5-15-11(14)16-10/h2-5H,1H3,(H2,14,15,16). The van der Waals surface area contributed by atoms with Crippen molar-refractivity contribution < 1.29 is 4.74 Å². The van der Waals surface area contributed by atoms with E-state index < -0.39 is 0 Å². The Morgan fingerprint density at radius 3 is 2.88 bits per heavy atom. The van der Waals surface area contributed by atoms with Crippen LogP contribution in [-0.4, -0.2) is 9.97 Å². The number of nitrogens with two attached hydrogens (primary N) is 1. The minimum atomic E-state index is 0.161. The molecule has 0 aliphatic carbocycles. The molecule has 6 heteroatoms. The largest absolute Gasteiger partial charge is 0.438 e. The molecule has 2 aromatic rings. The summed E-state index contributed by atoms with van der Waals surface area (Å²) in [5, 5.41) is 0.693. The number of nitrogens with zero attached hydrogens (tertiary/aromatic N) is 2. The SMILES string of the molecule is Cc1cc(Oc2nc(N)ncc2Br)ccc1Cl. The lowest BCUT2D eigenvalue weighted by Gasteiger charge is -2.07. The van der Waals surface area contributed by atoms with Gasteiger partial charge in [-0.25, -0.2) is 4.98 Å². The molecule has 0 fully saturated rings. The summed E-state index contributed by atoms with van der Waals surface area (Å²) in [6.45, 7) is 1.90. The van der Waals surface area contributed by atoms with E-state index in [0.29, 0.717) is 21.1 Å². The fourth-order valence-corrected chi connectivity index (χ4v) is 1.62. The number of aromatic nitrogens is 2. The van der Waals surface area contributed by atoms with Crippen LogP contribution in [-0.2, 0) is 0 Å². The highest BCUT2D eigenvalue weighted by Crippen LogP contribution is 2.29. The lowest BCUT2D eigenvalue weighted by Crippen LogP contribution is -1.97. The fourth-order valence-electron chi connectivity index (χ4n) is 1.23. The number of nitrogen functional groups attached to an aromatic ring is 1. The van der Waals surface area contributed by atoms with E-state index in [2.05, 4.69) is 25.9 Å². The summed E-state index contributed by atoms with van der Waals surface area (Å²) < 4.78 is 6.23. The van der Waals surface area contributed by atoms with Gasteiger partial charge in [0.05, 0.1) is 10.7 Å². The van der Waals surface area contributed by atoms with E-state index in [-0.39, 0.29) is 5.95 Å². The topological polar surface area (TPSA) is 61.0 Å². The van der Waals surface area contributed by atoms with Crippen LogP contribution in [0.15, 0.2) is 28.9 Å². The minimum absolute atomic E-state index is 0.161. The Kier molecular flexibility index (Phi) is 3.49. The number of hydrogen-bond acceptors (Lipinski definition) is 4. The highest BCUT2D eigenvalue weighted by molar-refractivity contribution is 9.10. The average molecular weight is 315 g/mol. The zero-order valence-corrected chi connectivity index (χ0v) is 11.3. The molecule has 2 rings (SSSR count). The van der Waals surface area contributed by atoms with Crippen LogP contribution in [0.5, 0.6) is 11.6 Å². The maximum atomic E-state index is 5.93. The summed E-state index contributed by atoms with van der Waals surface area (Å²) >= 11 is 9.22. The third kappa shape index (κ3) is 2.87. The molecule has 4 nitrogen and oxygen atoms in total. The van der Waals surface area contributed by atoms with E-state index in [1.807, 2.05) is 13.0 Å². The molecular formula is C11H9BrClN3O. The summed E-state index contributed by atoms with van der Waals surface area (Å²) in [5.41, 5.74) is 6.42. The van der Waals surface area contributed by atoms with Crippen molar-refractivity contribution >= 4 is 33.5 Å². The quantitative estimate of drug-likeness (QED) is 0.920. The van der Waals surface area contributed by atoms with Crippen LogP contribution in [0.2, 0.25) is 5.02 Å². The molecule has 0 saturated carbocycles.